The van der Waals surface area contributed by atoms with E-state index in [0.29, 0.717) is 23.0 Å². The molecule has 0 amide bonds. The molecule has 0 saturated heterocycles. The van der Waals surface area contributed by atoms with Crippen LogP contribution >= 0.6 is 0 Å². The lowest BCUT2D eigenvalue weighted by molar-refractivity contribution is 0.624. The lowest BCUT2D eigenvalue weighted by atomic mass is 10.0. The van der Waals surface area contributed by atoms with Gasteiger partial charge >= 0.3 is 0 Å². The Morgan fingerprint density at radius 1 is 0.750 bits per heavy atom. The van der Waals surface area contributed by atoms with Gasteiger partial charge in [0.2, 0.25) is 0 Å². The van der Waals surface area contributed by atoms with Crippen LogP contribution in [0.1, 0.15) is 25.8 Å². The highest BCUT2D eigenvalue weighted by atomic mass is 19.1. The molecule has 0 aliphatic rings. The summed E-state index contributed by atoms with van der Waals surface area (Å²) in [6.07, 6.45) is 6.66. The van der Waals surface area contributed by atoms with Gasteiger partial charge < -0.3 is 0 Å². The Morgan fingerprint density at radius 2 is 1.28 bits per heavy atom. The third kappa shape index (κ3) is 4.70. The number of rotatable bonds is 6. The van der Waals surface area contributed by atoms with Gasteiger partial charge in [0.15, 0.2) is 17.5 Å². The van der Waals surface area contributed by atoms with Crippen molar-refractivity contribution in [2.75, 3.05) is 0 Å². The summed E-state index contributed by atoms with van der Waals surface area (Å²) in [5.74, 6) is 1.40. The van der Waals surface area contributed by atoms with Gasteiger partial charge in [-0.05, 0) is 37.1 Å². The van der Waals surface area contributed by atoms with Crippen LogP contribution in [-0.4, -0.2) is 15.0 Å². The number of halogens is 1. The number of nitrogens with zero attached hydrogens (tertiary/aromatic N) is 3. The molecule has 0 unspecified atom stereocenters. The molecular formula is C28H24FN3. The summed E-state index contributed by atoms with van der Waals surface area (Å²) in [4.78, 5) is 14.2. The van der Waals surface area contributed by atoms with E-state index in [0.717, 1.165) is 28.7 Å². The smallest absolute Gasteiger partial charge is 0.164 e. The molecule has 4 rings (SSSR count). The van der Waals surface area contributed by atoms with Gasteiger partial charge in [-0.3, -0.25) is 0 Å². The van der Waals surface area contributed by atoms with E-state index in [4.69, 9.17) is 15.0 Å². The molecule has 158 valence electrons. The van der Waals surface area contributed by atoms with Crippen LogP contribution < -0.4 is 0 Å². The molecule has 3 aromatic carbocycles. The molecule has 0 aliphatic heterocycles. The Bertz CT molecular complexity index is 1200. The lowest BCUT2D eigenvalue weighted by Crippen LogP contribution is -2.01. The molecule has 0 spiro atoms. The summed E-state index contributed by atoms with van der Waals surface area (Å²) in [6, 6.07) is 24.6. The topological polar surface area (TPSA) is 38.7 Å². The molecule has 1 aromatic heterocycles. The predicted molar refractivity (Wildman–Crippen MR) is 129 cm³/mol. The third-order valence-corrected chi connectivity index (χ3v) is 5.01. The summed E-state index contributed by atoms with van der Waals surface area (Å²) >= 11 is 0. The van der Waals surface area contributed by atoms with Crippen LogP contribution in [0.2, 0.25) is 0 Å². The maximum Gasteiger partial charge on any atom is 0.164 e. The normalized spacial score (nSPS) is 11.8. The molecule has 0 saturated carbocycles. The highest BCUT2D eigenvalue weighted by molar-refractivity contribution is 5.77. The van der Waals surface area contributed by atoms with E-state index in [1.807, 2.05) is 98.8 Å². The SMILES string of the molecule is C/C=C\C(=C/CC)c1cc(-c2nc(-c3ccccc3)nc(-c3ccccc3)n2)ccc1F. The van der Waals surface area contributed by atoms with Crippen molar-refractivity contribution in [1.82, 2.24) is 15.0 Å². The number of benzene rings is 3. The molecule has 4 aromatic rings. The van der Waals surface area contributed by atoms with Crippen molar-refractivity contribution in [2.45, 2.75) is 20.3 Å². The fourth-order valence-electron chi connectivity index (χ4n) is 3.49. The van der Waals surface area contributed by atoms with E-state index in [-0.39, 0.29) is 5.82 Å². The molecule has 1 heterocycles. The van der Waals surface area contributed by atoms with Crippen molar-refractivity contribution in [1.29, 1.82) is 0 Å². The highest BCUT2D eigenvalue weighted by Gasteiger charge is 2.14. The van der Waals surface area contributed by atoms with Crippen LogP contribution in [0.4, 0.5) is 4.39 Å². The van der Waals surface area contributed by atoms with Gasteiger partial charge in [-0.15, -0.1) is 0 Å². The van der Waals surface area contributed by atoms with E-state index < -0.39 is 0 Å². The second-order valence-corrected chi connectivity index (χ2v) is 7.30. The van der Waals surface area contributed by atoms with Gasteiger partial charge in [0, 0.05) is 22.3 Å². The predicted octanol–water partition coefficient (Wildman–Crippen LogP) is 7.38. The van der Waals surface area contributed by atoms with Gasteiger partial charge in [0.25, 0.3) is 0 Å². The van der Waals surface area contributed by atoms with Crippen LogP contribution in [0.25, 0.3) is 39.7 Å². The van der Waals surface area contributed by atoms with Crippen LogP contribution in [0, 0.1) is 5.82 Å². The lowest BCUT2D eigenvalue weighted by Gasteiger charge is -2.10. The van der Waals surface area contributed by atoms with Crippen molar-refractivity contribution < 1.29 is 4.39 Å². The zero-order chi connectivity index (χ0) is 22.3. The Labute approximate surface area is 188 Å². The number of allylic oxidation sites excluding steroid dienone is 4. The Morgan fingerprint density at radius 3 is 1.78 bits per heavy atom. The first kappa shape index (κ1) is 21.3. The van der Waals surface area contributed by atoms with Crippen molar-refractivity contribution in [2.24, 2.45) is 0 Å². The van der Waals surface area contributed by atoms with Crippen LogP contribution in [0.5, 0.6) is 0 Å². The summed E-state index contributed by atoms with van der Waals surface area (Å²) < 4.78 is 14.7. The van der Waals surface area contributed by atoms with E-state index in [1.54, 1.807) is 6.07 Å². The molecule has 4 heteroatoms. The Hall–Kier alpha value is -3.92. The number of hydrogen-bond donors (Lipinski definition) is 0. The molecular weight excluding hydrogens is 397 g/mol. The average Bonchev–Trinajstić information content (AvgIpc) is 2.85. The summed E-state index contributed by atoms with van der Waals surface area (Å²) in [5.41, 5.74) is 3.91. The highest BCUT2D eigenvalue weighted by Crippen LogP contribution is 2.28. The monoisotopic (exact) mass is 421 g/mol. The second-order valence-electron chi connectivity index (χ2n) is 7.30. The molecule has 0 N–H and O–H groups in total. The average molecular weight is 422 g/mol. The summed E-state index contributed by atoms with van der Waals surface area (Å²) in [6.45, 7) is 3.96. The van der Waals surface area contributed by atoms with Crippen LogP contribution in [0.15, 0.2) is 97.1 Å². The molecule has 3 nitrogen and oxygen atoms in total. The zero-order valence-electron chi connectivity index (χ0n) is 18.2. The van der Waals surface area contributed by atoms with Crippen molar-refractivity contribution in [3.63, 3.8) is 0 Å². The molecule has 0 bridgehead atoms. The molecule has 0 radical (unpaired) electrons. The summed E-state index contributed by atoms with van der Waals surface area (Å²) in [7, 11) is 0. The van der Waals surface area contributed by atoms with Gasteiger partial charge in [-0.2, -0.15) is 0 Å². The van der Waals surface area contributed by atoms with Gasteiger partial charge in [0.1, 0.15) is 5.82 Å². The molecule has 0 fully saturated rings. The van der Waals surface area contributed by atoms with Crippen molar-refractivity contribution in [3.05, 3.63) is 108 Å². The zero-order valence-corrected chi connectivity index (χ0v) is 18.2. The maximum absolute atomic E-state index is 14.7. The van der Waals surface area contributed by atoms with E-state index in [9.17, 15) is 4.39 Å². The number of hydrogen-bond acceptors (Lipinski definition) is 3. The van der Waals surface area contributed by atoms with Gasteiger partial charge in [0.05, 0.1) is 0 Å². The van der Waals surface area contributed by atoms with E-state index >= 15 is 0 Å². The van der Waals surface area contributed by atoms with Crippen LogP contribution in [0.3, 0.4) is 0 Å². The minimum Gasteiger partial charge on any atom is -0.208 e. The fourth-order valence-corrected chi connectivity index (χ4v) is 3.49. The Kier molecular flexibility index (Phi) is 6.61. The minimum atomic E-state index is -0.271. The van der Waals surface area contributed by atoms with Crippen molar-refractivity contribution in [3.8, 4) is 34.2 Å². The summed E-state index contributed by atoms with van der Waals surface area (Å²) in [5, 5.41) is 0. The Balaban J connectivity index is 1.90. The molecule has 0 atom stereocenters. The number of aromatic nitrogens is 3. The second kappa shape index (κ2) is 9.92. The third-order valence-electron chi connectivity index (χ3n) is 5.01. The van der Waals surface area contributed by atoms with E-state index in [2.05, 4.69) is 0 Å². The largest absolute Gasteiger partial charge is 0.208 e. The van der Waals surface area contributed by atoms with Gasteiger partial charge in [-0.1, -0.05) is 85.8 Å². The van der Waals surface area contributed by atoms with Crippen LogP contribution in [-0.2, 0) is 0 Å². The van der Waals surface area contributed by atoms with Gasteiger partial charge in [-0.25, -0.2) is 19.3 Å². The first-order chi connectivity index (χ1) is 15.7. The van der Waals surface area contributed by atoms with E-state index in [1.165, 1.54) is 6.07 Å². The van der Waals surface area contributed by atoms with Crippen molar-refractivity contribution >= 4 is 5.57 Å². The minimum absolute atomic E-state index is 0.271. The molecule has 0 aliphatic carbocycles. The molecule has 32 heavy (non-hydrogen) atoms. The first-order valence-electron chi connectivity index (χ1n) is 10.7. The maximum atomic E-state index is 14.7. The first-order valence-corrected chi connectivity index (χ1v) is 10.7. The standard InChI is InChI=1S/C28H24FN3/c1-3-11-20(12-4-2)24-19-23(17-18-25(24)29)28-31-26(21-13-7-5-8-14-21)30-27(32-28)22-15-9-6-10-16-22/h3,5-19H,4H2,1-2H3/b11-3-,20-12+. The quantitative estimate of drug-likeness (QED) is 0.305. The fraction of sp³-hybridized carbons (Fsp3) is 0.107.